The van der Waals surface area contributed by atoms with Crippen molar-refractivity contribution < 1.29 is 13.2 Å². The lowest BCUT2D eigenvalue weighted by Gasteiger charge is -2.37. The average Bonchev–Trinajstić information content (AvgIpc) is 3.12. The third-order valence-electron chi connectivity index (χ3n) is 3.49. The van der Waals surface area contributed by atoms with Crippen LogP contribution in [-0.2, 0) is 14.8 Å². The molecule has 1 aliphatic heterocycles. The molecule has 2 atom stereocenters. The summed E-state index contributed by atoms with van der Waals surface area (Å²) in [6.45, 7) is 0.936. The molecule has 0 aromatic heterocycles. The Labute approximate surface area is 109 Å². The van der Waals surface area contributed by atoms with Crippen LogP contribution in [-0.4, -0.2) is 50.3 Å². The minimum absolute atomic E-state index is 0. The van der Waals surface area contributed by atoms with Crippen LogP contribution in [0.5, 0.6) is 0 Å². The zero-order chi connectivity index (χ0) is 11.8. The molecule has 7 heteroatoms. The highest BCUT2D eigenvalue weighted by atomic mass is 35.5. The van der Waals surface area contributed by atoms with Crippen molar-refractivity contribution in [1.29, 1.82) is 0 Å². The van der Waals surface area contributed by atoms with E-state index in [-0.39, 0.29) is 29.8 Å². The molecule has 0 aromatic carbocycles. The maximum absolute atomic E-state index is 12.1. The number of sulfonamides is 1. The summed E-state index contributed by atoms with van der Waals surface area (Å²) in [4.78, 5) is 0. The van der Waals surface area contributed by atoms with Crippen LogP contribution in [0.1, 0.15) is 25.7 Å². The molecule has 1 heterocycles. The Morgan fingerprint density at radius 3 is 2.47 bits per heavy atom. The molecule has 5 nitrogen and oxygen atoms in total. The SMILES string of the molecule is COC1CCN(S(=O)(=O)C2CC2)C(CN)C1.Cl. The Bertz CT molecular complexity index is 345. The predicted octanol–water partition coefficient (Wildman–Crippen LogP) is 0.338. The third kappa shape index (κ3) is 3.12. The van der Waals surface area contributed by atoms with Crippen LogP contribution in [0, 0.1) is 0 Å². The minimum atomic E-state index is -3.08. The van der Waals surface area contributed by atoms with Crippen LogP contribution >= 0.6 is 12.4 Å². The van der Waals surface area contributed by atoms with Crippen molar-refractivity contribution in [3.8, 4) is 0 Å². The third-order valence-corrected chi connectivity index (χ3v) is 5.94. The van der Waals surface area contributed by atoms with Crippen LogP contribution in [0.3, 0.4) is 0 Å². The molecule has 0 bridgehead atoms. The number of rotatable bonds is 4. The van der Waals surface area contributed by atoms with Crippen molar-refractivity contribution in [2.24, 2.45) is 5.73 Å². The fourth-order valence-electron chi connectivity index (χ4n) is 2.31. The molecule has 2 N–H and O–H groups in total. The second-order valence-electron chi connectivity index (χ2n) is 4.63. The van der Waals surface area contributed by atoms with Crippen molar-refractivity contribution in [3.63, 3.8) is 0 Å². The first-order valence-corrected chi connectivity index (χ1v) is 7.33. The van der Waals surface area contributed by atoms with Gasteiger partial charge in [0.05, 0.1) is 11.4 Å². The Kier molecular flexibility index (Phi) is 5.21. The Balaban J connectivity index is 0.00000144. The molecule has 17 heavy (non-hydrogen) atoms. The second-order valence-corrected chi connectivity index (χ2v) is 6.79. The van der Waals surface area contributed by atoms with Crippen LogP contribution in [0.4, 0.5) is 0 Å². The van der Waals surface area contributed by atoms with E-state index in [0.29, 0.717) is 13.1 Å². The molecule has 2 fully saturated rings. The minimum Gasteiger partial charge on any atom is -0.381 e. The highest BCUT2D eigenvalue weighted by molar-refractivity contribution is 7.90. The van der Waals surface area contributed by atoms with Crippen LogP contribution in [0.25, 0.3) is 0 Å². The van der Waals surface area contributed by atoms with Crippen molar-refractivity contribution in [3.05, 3.63) is 0 Å². The first-order valence-electron chi connectivity index (χ1n) is 5.83. The topological polar surface area (TPSA) is 72.6 Å². The number of piperidine rings is 1. The second kappa shape index (κ2) is 5.84. The first kappa shape index (κ1) is 15.2. The van der Waals surface area contributed by atoms with Crippen molar-refractivity contribution in [2.75, 3.05) is 20.2 Å². The van der Waals surface area contributed by atoms with Gasteiger partial charge in [-0.2, -0.15) is 4.31 Å². The van der Waals surface area contributed by atoms with E-state index < -0.39 is 10.0 Å². The summed E-state index contributed by atoms with van der Waals surface area (Å²) >= 11 is 0. The number of methoxy groups -OCH3 is 1. The highest BCUT2D eigenvalue weighted by Crippen LogP contribution is 2.34. The monoisotopic (exact) mass is 284 g/mol. The summed E-state index contributed by atoms with van der Waals surface area (Å²) in [5.74, 6) is 0. The van der Waals surface area contributed by atoms with E-state index in [1.54, 1.807) is 11.4 Å². The lowest BCUT2D eigenvalue weighted by atomic mass is 10.0. The molecule has 0 spiro atoms. The van der Waals surface area contributed by atoms with Gasteiger partial charge < -0.3 is 10.5 Å². The smallest absolute Gasteiger partial charge is 0.217 e. The number of hydrogen-bond acceptors (Lipinski definition) is 4. The standard InChI is InChI=1S/C10H20N2O3S.ClH/c1-15-9-4-5-12(8(6-9)7-11)16(13,14)10-2-3-10;/h8-10H,2-7,11H2,1H3;1H. The zero-order valence-electron chi connectivity index (χ0n) is 10.0. The zero-order valence-corrected chi connectivity index (χ0v) is 11.7. The van der Waals surface area contributed by atoms with E-state index in [1.165, 1.54) is 0 Å². The molecule has 0 aromatic rings. The average molecular weight is 285 g/mol. The largest absolute Gasteiger partial charge is 0.381 e. The van der Waals surface area contributed by atoms with Crippen LogP contribution in [0.2, 0.25) is 0 Å². The normalized spacial score (nSPS) is 30.9. The van der Waals surface area contributed by atoms with Gasteiger partial charge in [0.25, 0.3) is 0 Å². The molecule has 102 valence electrons. The summed E-state index contributed by atoms with van der Waals surface area (Å²) in [7, 11) is -1.41. The van der Waals surface area contributed by atoms with E-state index in [4.69, 9.17) is 10.5 Å². The van der Waals surface area contributed by atoms with Gasteiger partial charge >= 0.3 is 0 Å². The van der Waals surface area contributed by atoms with E-state index in [2.05, 4.69) is 0 Å². The van der Waals surface area contributed by atoms with Crippen LogP contribution < -0.4 is 5.73 Å². The molecule has 1 saturated carbocycles. The van der Waals surface area contributed by atoms with Gasteiger partial charge in [0.15, 0.2) is 0 Å². The molecule has 1 aliphatic carbocycles. The summed E-state index contributed by atoms with van der Waals surface area (Å²) in [6.07, 6.45) is 3.27. The molecule has 2 aliphatic rings. The van der Waals surface area contributed by atoms with Crippen molar-refractivity contribution in [1.82, 2.24) is 4.31 Å². The van der Waals surface area contributed by atoms with E-state index >= 15 is 0 Å². The van der Waals surface area contributed by atoms with Gasteiger partial charge in [-0.1, -0.05) is 0 Å². The summed E-state index contributed by atoms with van der Waals surface area (Å²) in [6, 6.07) is -0.0794. The van der Waals surface area contributed by atoms with Crippen molar-refractivity contribution >= 4 is 22.4 Å². The predicted molar refractivity (Wildman–Crippen MR) is 68.8 cm³/mol. The molecule has 0 radical (unpaired) electrons. The van der Waals surface area contributed by atoms with Gasteiger partial charge in [0, 0.05) is 26.2 Å². The maximum Gasteiger partial charge on any atom is 0.217 e. The molecule has 2 rings (SSSR count). The van der Waals surface area contributed by atoms with E-state index in [0.717, 1.165) is 25.7 Å². The number of nitrogens with two attached hydrogens (primary N) is 1. The number of ether oxygens (including phenoxy) is 1. The van der Waals surface area contributed by atoms with E-state index in [1.807, 2.05) is 0 Å². The maximum atomic E-state index is 12.1. The van der Waals surface area contributed by atoms with Gasteiger partial charge in [0.1, 0.15) is 0 Å². The fourth-order valence-corrected chi connectivity index (χ4v) is 4.38. The lowest BCUT2D eigenvalue weighted by Crippen LogP contribution is -2.52. The van der Waals surface area contributed by atoms with Gasteiger partial charge in [-0.25, -0.2) is 8.42 Å². The van der Waals surface area contributed by atoms with Gasteiger partial charge in [-0.15, -0.1) is 12.4 Å². The molecule has 1 saturated heterocycles. The fraction of sp³-hybridized carbons (Fsp3) is 1.00. The van der Waals surface area contributed by atoms with Gasteiger partial charge in [-0.3, -0.25) is 0 Å². The van der Waals surface area contributed by atoms with Crippen molar-refractivity contribution in [2.45, 2.75) is 43.1 Å². The molecular weight excluding hydrogens is 264 g/mol. The quantitative estimate of drug-likeness (QED) is 0.808. The summed E-state index contributed by atoms with van der Waals surface area (Å²) in [5, 5.41) is -0.138. The Morgan fingerprint density at radius 1 is 1.35 bits per heavy atom. The van der Waals surface area contributed by atoms with E-state index in [9.17, 15) is 8.42 Å². The number of halogens is 1. The highest BCUT2D eigenvalue weighted by Gasteiger charge is 2.44. The first-order chi connectivity index (χ1) is 7.59. The van der Waals surface area contributed by atoms with Gasteiger partial charge in [0.2, 0.25) is 10.0 Å². The lowest BCUT2D eigenvalue weighted by molar-refractivity contribution is 0.0401. The number of nitrogens with zero attached hydrogens (tertiary/aromatic N) is 1. The Hall–Kier alpha value is 0.120. The Morgan fingerprint density at radius 2 is 2.00 bits per heavy atom. The van der Waals surface area contributed by atoms with Gasteiger partial charge in [-0.05, 0) is 25.7 Å². The molecular formula is C10H21ClN2O3S. The summed E-state index contributed by atoms with van der Waals surface area (Å²) < 4.78 is 31.2. The summed E-state index contributed by atoms with van der Waals surface area (Å²) in [5.41, 5.74) is 5.67. The molecule has 0 amide bonds. The number of hydrogen-bond donors (Lipinski definition) is 1. The van der Waals surface area contributed by atoms with Crippen LogP contribution in [0.15, 0.2) is 0 Å². The molecule has 2 unspecified atom stereocenters.